The summed E-state index contributed by atoms with van der Waals surface area (Å²) < 4.78 is 26.7. The van der Waals surface area contributed by atoms with E-state index in [1.54, 1.807) is 12.1 Å². The van der Waals surface area contributed by atoms with Crippen LogP contribution in [0.1, 0.15) is 5.56 Å². The highest BCUT2D eigenvalue weighted by molar-refractivity contribution is 9.10. The monoisotopic (exact) mass is 365 g/mol. The molecular weight excluding hydrogens is 359 g/mol. The highest BCUT2D eigenvalue weighted by atomic mass is 79.9. The molecule has 0 aliphatic rings. The van der Waals surface area contributed by atoms with Gasteiger partial charge in [-0.25, -0.2) is 8.78 Å². The lowest BCUT2D eigenvalue weighted by molar-refractivity contribution is 0.620. The highest BCUT2D eigenvalue weighted by Crippen LogP contribution is 2.27. The number of benzene rings is 2. The zero-order chi connectivity index (χ0) is 14.0. The molecule has 0 spiro atoms. The summed E-state index contributed by atoms with van der Waals surface area (Å²) in [5.74, 6) is -0.963. The molecule has 19 heavy (non-hydrogen) atoms. The van der Waals surface area contributed by atoms with Crippen LogP contribution >= 0.6 is 39.1 Å². The van der Waals surface area contributed by atoms with Crippen LogP contribution in [0.5, 0.6) is 0 Å². The topological polar surface area (TPSA) is 12.0 Å². The van der Waals surface area contributed by atoms with E-state index in [-0.39, 0.29) is 15.9 Å². The van der Waals surface area contributed by atoms with E-state index in [0.29, 0.717) is 16.7 Å². The van der Waals surface area contributed by atoms with Gasteiger partial charge in [0, 0.05) is 12.2 Å². The molecule has 0 bridgehead atoms. The largest absolute Gasteiger partial charge is 0.381 e. The first-order chi connectivity index (χ1) is 8.97. The third kappa shape index (κ3) is 3.59. The van der Waals surface area contributed by atoms with Crippen LogP contribution < -0.4 is 5.32 Å². The molecule has 0 unspecified atom stereocenters. The molecule has 0 atom stereocenters. The van der Waals surface area contributed by atoms with Crippen LogP contribution in [0, 0.1) is 11.6 Å². The first-order valence-corrected chi connectivity index (χ1v) is 6.84. The van der Waals surface area contributed by atoms with Crippen LogP contribution in [-0.2, 0) is 6.54 Å². The minimum absolute atomic E-state index is 0.0460. The van der Waals surface area contributed by atoms with Crippen LogP contribution in [0.25, 0.3) is 0 Å². The summed E-state index contributed by atoms with van der Waals surface area (Å²) in [5.41, 5.74) is 1.46. The molecule has 2 rings (SSSR count). The molecule has 0 radical (unpaired) electrons. The van der Waals surface area contributed by atoms with Crippen molar-refractivity contribution in [1.29, 1.82) is 0 Å². The molecule has 100 valence electrons. The van der Waals surface area contributed by atoms with Gasteiger partial charge >= 0.3 is 0 Å². The third-order valence-electron chi connectivity index (χ3n) is 2.46. The molecule has 0 fully saturated rings. The van der Waals surface area contributed by atoms with E-state index in [0.717, 1.165) is 5.56 Å². The Balaban J connectivity index is 2.12. The Morgan fingerprint density at radius 3 is 2.26 bits per heavy atom. The summed E-state index contributed by atoms with van der Waals surface area (Å²) in [5, 5.41) is 2.95. The minimum Gasteiger partial charge on any atom is -0.381 e. The van der Waals surface area contributed by atoms with Crippen LogP contribution in [0.4, 0.5) is 14.5 Å². The second kappa shape index (κ2) is 6.07. The Labute approximate surface area is 127 Å². The maximum atomic E-state index is 13.2. The first kappa shape index (κ1) is 14.6. The second-order valence-electron chi connectivity index (χ2n) is 3.86. The van der Waals surface area contributed by atoms with Gasteiger partial charge in [-0.15, -0.1) is 0 Å². The molecule has 1 nitrogen and oxygen atoms in total. The van der Waals surface area contributed by atoms with Crippen LogP contribution in [0.3, 0.4) is 0 Å². The second-order valence-corrected chi connectivity index (χ2v) is 5.52. The molecule has 1 N–H and O–H groups in total. The van der Waals surface area contributed by atoms with Gasteiger partial charge in [0.1, 0.15) is 5.82 Å². The fourth-order valence-corrected chi connectivity index (χ4v) is 2.42. The van der Waals surface area contributed by atoms with Crippen molar-refractivity contribution in [3.8, 4) is 0 Å². The summed E-state index contributed by atoms with van der Waals surface area (Å²) in [6.07, 6.45) is 0. The van der Waals surface area contributed by atoms with Crippen molar-refractivity contribution >= 4 is 44.8 Å². The van der Waals surface area contributed by atoms with Crippen molar-refractivity contribution in [2.24, 2.45) is 0 Å². The van der Waals surface area contributed by atoms with Crippen molar-refractivity contribution < 1.29 is 8.78 Å². The smallest absolute Gasteiger partial charge is 0.160 e. The van der Waals surface area contributed by atoms with Crippen LogP contribution in [0.2, 0.25) is 10.0 Å². The van der Waals surface area contributed by atoms with Crippen molar-refractivity contribution in [1.82, 2.24) is 0 Å². The zero-order valence-corrected chi connectivity index (χ0v) is 12.6. The van der Waals surface area contributed by atoms with Gasteiger partial charge in [0.2, 0.25) is 0 Å². The lowest BCUT2D eigenvalue weighted by atomic mass is 10.2. The standard InChI is InChI=1S/C13H8BrCl2F2N/c14-9-3-7(1-2-12(9)17)6-19-8-4-10(15)13(18)11(16)5-8/h1-5,19H,6H2. The number of nitrogens with one attached hydrogen (secondary N) is 1. The lowest BCUT2D eigenvalue weighted by Crippen LogP contribution is -2.00. The maximum absolute atomic E-state index is 13.2. The number of hydrogen-bond acceptors (Lipinski definition) is 1. The Bertz CT molecular complexity index is 597. The first-order valence-electron chi connectivity index (χ1n) is 5.29. The number of hydrogen-bond donors (Lipinski definition) is 1. The van der Waals surface area contributed by atoms with E-state index in [1.807, 2.05) is 0 Å². The van der Waals surface area contributed by atoms with E-state index in [4.69, 9.17) is 23.2 Å². The van der Waals surface area contributed by atoms with Gasteiger partial charge in [0.25, 0.3) is 0 Å². The molecular formula is C13H8BrCl2F2N. The summed E-state index contributed by atoms with van der Waals surface area (Å²) in [6.45, 7) is 0.442. The Morgan fingerprint density at radius 2 is 1.68 bits per heavy atom. The van der Waals surface area contributed by atoms with Gasteiger partial charge in [-0.3, -0.25) is 0 Å². The van der Waals surface area contributed by atoms with Crippen molar-refractivity contribution in [2.75, 3.05) is 5.32 Å². The predicted octanol–water partition coefficient (Wildman–Crippen LogP) is 5.65. The van der Waals surface area contributed by atoms with E-state index >= 15 is 0 Å². The van der Waals surface area contributed by atoms with Crippen molar-refractivity contribution in [3.63, 3.8) is 0 Å². The number of halogens is 5. The van der Waals surface area contributed by atoms with Gasteiger partial charge in [0.05, 0.1) is 14.5 Å². The molecule has 2 aromatic rings. The van der Waals surface area contributed by atoms with Crippen molar-refractivity contribution in [2.45, 2.75) is 6.54 Å². The van der Waals surface area contributed by atoms with E-state index in [1.165, 1.54) is 18.2 Å². The van der Waals surface area contributed by atoms with Crippen LogP contribution in [0.15, 0.2) is 34.8 Å². The minimum atomic E-state index is -0.640. The average molecular weight is 367 g/mol. The Kier molecular flexibility index (Phi) is 4.66. The average Bonchev–Trinajstić information content (AvgIpc) is 2.37. The summed E-state index contributed by atoms with van der Waals surface area (Å²) in [6, 6.07) is 7.57. The predicted molar refractivity (Wildman–Crippen MR) is 77.8 cm³/mol. The molecule has 0 saturated heterocycles. The maximum Gasteiger partial charge on any atom is 0.160 e. The number of rotatable bonds is 3. The highest BCUT2D eigenvalue weighted by Gasteiger charge is 2.07. The van der Waals surface area contributed by atoms with Crippen LogP contribution in [-0.4, -0.2) is 0 Å². The van der Waals surface area contributed by atoms with Gasteiger partial charge in [-0.05, 0) is 45.8 Å². The molecule has 6 heteroatoms. The lowest BCUT2D eigenvalue weighted by Gasteiger charge is -2.09. The Morgan fingerprint density at radius 1 is 1.05 bits per heavy atom. The quantitative estimate of drug-likeness (QED) is 0.692. The molecule has 0 amide bonds. The SMILES string of the molecule is Fc1ccc(CNc2cc(Cl)c(F)c(Cl)c2)cc1Br. The fourth-order valence-electron chi connectivity index (χ4n) is 1.51. The summed E-state index contributed by atoms with van der Waals surface area (Å²) >= 11 is 14.5. The Hall–Kier alpha value is -0.840. The normalized spacial score (nSPS) is 10.6. The molecule has 0 aliphatic heterocycles. The van der Waals surface area contributed by atoms with E-state index in [2.05, 4.69) is 21.2 Å². The molecule has 0 saturated carbocycles. The van der Waals surface area contributed by atoms with E-state index < -0.39 is 5.82 Å². The zero-order valence-electron chi connectivity index (χ0n) is 9.48. The molecule has 0 heterocycles. The third-order valence-corrected chi connectivity index (χ3v) is 3.62. The summed E-state index contributed by atoms with van der Waals surface area (Å²) in [7, 11) is 0. The van der Waals surface area contributed by atoms with Gasteiger partial charge < -0.3 is 5.32 Å². The van der Waals surface area contributed by atoms with E-state index in [9.17, 15) is 8.78 Å². The van der Waals surface area contributed by atoms with Gasteiger partial charge in [-0.2, -0.15) is 0 Å². The molecule has 0 aliphatic carbocycles. The van der Waals surface area contributed by atoms with Gasteiger partial charge in [0.15, 0.2) is 5.82 Å². The van der Waals surface area contributed by atoms with Gasteiger partial charge in [-0.1, -0.05) is 29.3 Å². The fraction of sp³-hybridized carbons (Fsp3) is 0.0769. The van der Waals surface area contributed by atoms with Crippen molar-refractivity contribution in [3.05, 3.63) is 62.0 Å². The summed E-state index contributed by atoms with van der Waals surface area (Å²) in [4.78, 5) is 0. The molecule has 0 aromatic heterocycles. The number of anilines is 1. The molecule has 2 aromatic carbocycles.